The SMILES string of the molecule is C#CCN(C(=O)C(C)C)c1ccc(-c2cncc(F)c2)nc1C(F)(F)F. The maximum absolute atomic E-state index is 13.5. The van der Waals surface area contributed by atoms with Crippen LogP contribution < -0.4 is 4.90 Å². The van der Waals surface area contributed by atoms with Crippen LogP contribution in [0.15, 0.2) is 30.6 Å². The van der Waals surface area contributed by atoms with E-state index in [1.807, 2.05) is 0 Å². The van der Waals surface area contributed by atoms with Gasteiger partial charge in [-0.15, -0.1) is 6.42 Å². The fourth-order valence-corrected chi connectivity index (χ4v) is 2.28. The Bertz CT molecular complexity index is 856. The number of nitrogens with zero attached hydrogens (tertiary/aromatic N) is 3. The Kier molecular flexibility index (Phi) is 5.60. The van der Waals surface area contributed by atoms with E-state index in [1.165, 1.54) is 12.3 Å². The van der Waals surface area contributed by atoms with Gasteiger partial charge in [-0.2, -0.15) is 13.2 Å². The van der Waals surface area contributed by atoms with Crippen LogP contribution in [0.2, 0.25) is 0 Å². The molecule has 0 fully saturated rings. The topological polar surface area (TPSA) is 46.1 Å². The maximum Gasteiger partial charge on any atom is 0.435 e. The number of carbonyl (C=O) groups excluding carboxylic acids is 1. The maximum atomic E-state index is 13.5. The number of amides is 1. The van der Waals surface area contributed by atoms with Crippen molar-refractivity contribution in [3.63, 3.8) is 0 Å². The van der Waals surface area contributed by atoms with Crippen LogP contribution in [-0.4, -0.2) is 22.4 Å². The molecule has 0 aliphatic rings. The number of carbonyl (C=O) groups is 1. The molecular formula is C18H15F4N3O. The van der Waals surface area contributed by atoms with E-state index in [4.69, 9.17) is 6.42 Å². The molecule has 1 amide bonds. The average molecular weight is 365 g/mol. The lowest BCUT2D eigenvalue weighted by molar-refractivity contribution is -0.140. The molecule has 0 N–H and O–H groups in total. The highest BCUT2D eigenvalue weighted by Gasteiger charge is 2.38. The van der Waals surface area contributed by atoms with Gasteiger partial charge >= 0.3 is 6.18 Å². The van der Waals surface area contributed by atoms with Gasteiger partial charge in [0.2, 0.25) is 5.91 Å². The monoisotopic (exact) mass is 365 g/mol. The van der Waals surface area contributed by atoms with Gasteiger partial charge in [0.25, 0.3) is 0 Å². The summed E-state index contributed by atoms with van der Waals surface area (Å²) in [5.74, 6) is 0.363. The van der Waals surface area contributed by atoms with Crippen molar-refractivity contribution in [1.29, 1.82) is 0 Å². The van der Waals surface area contributed by atoms with E-state index in [0.717, 1.165) is 23.2 Å². The first-order valence-corrected chi connectivity index (χ1v) is 7.59. The number of anilines is 1. The second-order valence-electron chi connectivity index (χ2n) is 5.74. The van der Waals surface area contributed by atoms with E-state index >= 15 is 0 Å². The molecule has 0 aliphatic heterocycles. The van der Waals surface area contributed by atoms with Gasteiger partial charge in [0.15, 0.2) is 5.69 Å². The van der Waals surface area contributed by atoms with Gasteiger partial charge in [-0.3, -0.25) is 14.7 Å². The van der Waals surface area contributed by atoms with Crippen molar-refractivity contribution >= 4 is 11.6 Å². The minimum Gasteiger partial charge on any atom is -0.298 e. The first kappa shape index (κ1) is 19.4. The lowest BCUT2D eigenvalue weighted by atomic mass is 10.1. The van der Waals surface area contributed by atoms with Crippen molar-refractivity contribution in [2.45, 2.75) is 20.0 Å². The number of terminal acetylenes is 1. The molecule has 136 valence electrons. The third-order valence-corrected chi connectivity index (χ3v) is 3.44. The second-order valence-corrected chi connectivity index (χ2v) is 5.74. The van der Waals surface area contributed by atoms with Gasteiger partial charge in [0, 0.05) is 17.7 Å². The summed E-state index contributed by atoms with van der Waals surface area (Å²) in [5.41, 5.74) is -1.75. The number of pyridine rings is 2. The zero-order valence-electron chi connectivity index (χ0n) is 14.0. The van der Waals surface area contributed by atoms with Crippen molar-refractivity contribution in [3.8, 4) is 23.6 Å². The normalized spacial score (nSPS) is 11.3. The van der Waals surface area contributed by atoms with E-state index in [1.54, 1.807) is 13.8 Å². The molecule has 0 bridgehead atoms. The molecule has 0 spiro atoms. The molecule has 0 saturated heterocycles. The number of alkyl halides is 3. The summed E-state index contributed by atoms with van der Waals surface area (Å²) in [6, 6.07) is 3.39. The van der Waals surface area contributed by atoms with Crippen LogP contribution in [-0.2, 0) is 11.0 Å². The fraction of sp³-hybridized carbons (Fsp3) is 0.278. The van der Waals surface area contributed by atoms with Gasteiger partial charge < -0.3 is 0 Å². The zero-order valence-corrected chi connectivity index (χ0v) is 14.0. The predicted octanol–water partition coefficient (Wildman–Crippen LogP) is 3.92. The Labute approximate surface area is 147 Å². The van der Waals surface area contributed by atoms with Crippen LogP contribution in [0.5, 0.6) is 0 Å². The molecule has 2 heterocycles. The van der Waals surface area contributed by atoms with Gasteiger partial charge in [-0.1, -0.05) is 19.8 Å². The van der Waals surface area contributed by atoms with Gasteiger partial charge in [0.1, 0.15) is 5.82 Å². The standard InChI is InChI=1S/C18H15F4N3O/c1-4-7-25(17(26)11(2)3)15-6-5-14(24-16(15)18(20,21)22)12-8-13(19)10-23-9-12/h1,5-6,8-11H,7H2,2-3H3. The van der Waals surface area contributed by atoms with Gasteiger partial charge in [-0.05, 0) is 18.2 Å². The summed E-state index contributed by atoms with van der Waals surface area (Å²) < 4.78 is 53.9. The van der Waals surface area contributed by atoms with Gasteiger partial charge in [-0.25, -0.2) is 9.37 Å². The molecule has 4 nitrogen and oxygen atoms in total. The summed E-state index contributed by atoms with van der Waals surface area (Å²) >= 11 is 0. The minimum absolute atomic E-state index is 0.0840. The molecule has 2 aromatic heterocycles. The molecule has 0 atom stereocenters. The van der Waals surface area contributed by atoms with Crippen LogP contribution in [0.3, 0.4) is 0 Å². The highest BCUT2D eigenvalue weighted by atomic mass is 19.4. The Morgan fingerprint density at radius 1 is 1.31 bits per heavy atom. The number of halogens is 4. The zero-order chi connectivity index (χ0) is 19.5. The van der Waals surface area contributed by atoms with Crippen LogP contribution in [0.4, 0.5) is 23.2 Å². The lowest BCUT2D eigenvalue weighted by Gasteiger charge is -2.25. The van der Waals surface area contributed by atoms with E-state index < -0.39 is 35.2 Å². The number of hydrogen-bond donors (Lipinski definition) is 0. The van der Waals surface area contributed by atoms with E-state index in [0.29, 0.717) is 0 Å². The largest absolute Gasteiger partial charge is 0.435 e. The van der Waals surface area contributed by atoms with Crippen LogP contribution in [0.25, 0.3) is 11.3 Å². The lowest BCUT2D eigenvalue weighted by Crippen LogP contribution is -2.36. The molecule has 2 rings (SSSR count). The number of hydrogen-bond acceptors (Lipinski definition) is 3. The summed E-state index contributed by atoms with van der Waals surface area (Å²) in [5, 5.41) is 0. The fourth-order valence-electron chi connectivity index (χ4n) is 2.28. The molecule has 0 unspecified atom stereocenters. The van der Waals surface area contributed by atoms with Crippen molar-refractivity contribution < 1.29 is 22.4 Å². The molecule has 2 aromatic rings. The third-order valence-electron chi connectivity index (χ3n) is 3.44. The Morgan fingerprint density at radius 2 is 2.00 bits per heavy atom. The van der Waals surface area contributed by atoms with Crippen molar-refractivity contribution in [2.75, 3.05) is 11.4 Å². The molecule has 8 heteroatoms. The van der Waals surface area contributed by atoms with Crippen LogP contribution in [0, 0.1) is 24.1 Å². The third kappa shape index (κ3) is 4.17. The molecular weight excluding hydrogens is 350 g/mol. The smallest absolute Gasteiger partial charge is 0.298 e. The van der Waals surface area contributed by atoms with Crippen LogP contribution >= 0.6 is 0 Å². The quantitative estimate of drug-likeness (QED) is 0.609. The van der Waals surface area contributed by atoms with Gasteiger partial charge in [0.05, 0.1) is 24.1 Å². The summed E-state index contributed by atoms with van der Waals surface area (Å²) in [4.78, 5) is 20.4. The van der Waals surface area contributed by atoms with Crippen LogP contribution in [0.1, 0.15) is 19.5 Å². The van der Waals surface area contributed by atoms with Crippen molar-refractivity contribution in [1.82, 2.24) is 9.97 Å². The summed E-state index contributed by atoms with van der Waals surface area (Å²) in [6.45, 7) is 2.78. The highest BCUT2D eigenvalue weighted by Crippen LogP contribution is 2.37. The first-order chi connectivity index (χ1) is 12.1. The Morgan fingerprint density at radius 3 is 2.54 bits per heavy atom. The molecule has 0 radical (unpaired) electrons. The van der Waals surface area contributed by atoms with Crippen molar-refractivity contribution in [3.05, 3.63) is 42.1 Å². The second kappa shape index (κ2) is 7.52. The number of aromatic nitrogens is 2. The Balaban J connectivity index is 2.63. The molecule has 0 aliphatic carbocycles. The Hall–Kier alpha value is -2.95. The first-order valence-electron chi connectivity index (χ1n) is 7.59. The van der Waals surface area contributed by atoms with E-state index in [9.17, 15) is 22.4 Å². The summed E-state index contributed by atoms with van der Waals surface area (Å²) in [6.07, 6.45) is 2.50. The van der Waals surface area contributed by atoms with Crippen molar-refractivity contribution in [2.24, 2.45) is 5.92 Å². The summed E-state index contributed by atoms with van der Waals surface area (Å²) in [7, 11) is 0. The minimum atomic E-state index is -4.84. The number of rotatable bonds is 4. The highest BCUT2D eigenvalue weighted by molar-refractivity contribution is 5.95. The van der Waals surface area contributed by atoms with E-state index in [-0.39, 0.29) is 17.8 Å². The molecule has 0 aromatic carbocycles. The average Bonchev–Trinajstić information content (AvgIpc) is 2.58. The predicted molar refractivity (Wildman–Crippen MR) is 88.5 cm³/mol. The molecule has 26 heavy (non-hydrogen) atoms. The molecule has 0 saturated carbocycles. The van der Waals surface area contributed by atoms with E-state index in [2.05, 4.69) is 15.9 Å².